The molecule has 0 aliphatic carbocycles. The van der Waals surface area contributed by atoms with Crippen LogP contribution in [-0.4, -0.2) is 42.9 Å². The van der Waals surface area contributed by atoms with Gasteiger partial charge in [-0.2, -0.15) is 0 Å². The summed E-state index contributed by atoms with van der Waals surface area (Å²) in [6.45, 7) is 7.71. The number of amides is 1. The number of carbonyl (C=O) groups is 1. The molecule has 1 saturated heterocycles. The molecule has 1 aliphatic rings. The van der Waals surface area contributed by atoms with Crippen LogP contribution in [0.5, 0.6) is 5.75 Å². The highest BCUT2D eigenvalue weighted by atomic mass is 32.2. The third kappa shape index (κ3) is 4.95. The van der Waals surface area contributed by atoms with Crippen LogP contribution >= 0.6 is 0 Å². The highest BCUT2D eigenvalue weighted by Crippen LogP contribution is 2.24. The van der Waals surface area contributed by atoms with Crippen molar-refractivity contribution >= 4 is 15.7 Å². The van der Waals surface area contributed by atoms with Gasteiger partial charge in [0.1, 0.15) is 17.3 Å². The molecule has 0 N–H and O–H groups in total. The lowest BCUT2D eigenvalue weighted by Crippen LogP contribution is -2.46. The summed E-state index contributed by atoms with van der Waals surface area (Å²) in [5.74, 6) is 1.86. The standard InChI is InChI=1S/C21H27NO5S/c1-14-9-15(2)11-20(10-14)27-17(4)21(23)22(12-19-6-5-16(3)26-19)18-7-8-28(24,25)13-18/h5-6,9-11,17-18H,7-8,12-13H2,1-4H3/t17-,18-/m1/s1. The molecule has 7 heteroatoms. The summed E-state index contributed by atoms with van der Waals surface area (Å²) < 4.78 is 35.5. The van der Waals surface area contributed by atoms with Crippen molar-refractivity contribution in [2.75, 3.05) is 11.5 Å². The van der Waals surface area contributed by atoms with Crippen LogP contribution in [0, 0.1) is 20.8 Å². The molecule has 28 heavy (non-hydrogen) atoms. The number of ether oxygens (including phenoxy) is 1. The predicted molar refractivity (Wildman–Crippen MR) is 107 cm³/mol. The van der Waals surface area contributed by atoms with Crippen molar-refractivity contribution in [1.29, 1.82) is 0 Å². The minimum Gasteiger partial charge on any atom is -0.481 e. The van der Waals surface area contributed by atoms with E-state index in [4.69, 9.17) is 9.15 Å². The molecular formula is C21H27NO5S. The number of aryl methyl sites for hydroxylation is 3. The molecule has 1 aliphatic heterocycles. The van der Waals surface area contributed by atoms with Crippen molar-refractivity contribution in [3.63, 3.8) is 0 Å². The molecule has 2 aromatic rings. The van der Waals surface area contributed by atoms with E-state index in [1.54, 1.807) is 11.8 Å². The number of carbonyl (C=O) groups excluding carboxylic acids is 1. The fourth-order valence-corrected chi connectivity index (χ4v) is 5.37. The Balaban J connectivity index is 1.80. The Kier molecular flexibility index (Phi) is 5.84. The normalized spacial score (nSPS) is 19.4. The van der Waals surface area contributed by atoms with Gasteiger partial charge in [-0.05, 0) is 69.5 Å². The van der Waals surface area contributed by atoms with Crippen molar-refractivity contribution in [2.24, 2.45) is 0 Å². The maximum atomic E-state index is 13.2. The van der Waals surface area contributed by atoms with Gasteiger partial charge in [-0.15, -0.1) is 0 Å². The zero-order chi connectivity index (χ0) is 20.5. The van der Waals surface area contributed by atoms with E-state index >= 15 is 0 Å². The van der Waals surface area contributed by atoms with Crippen LogP contribution in [0.1, 0.15) is 36.0 Å². The van der Waals surface area contributed by atoms with Crippen molar-refractivity contribution in [3.05, 3.63) is 53.0 Å². The third-order valence-electron chi connectivity index (χ3n) is 4.91. The molecular weight excluding hydrogens is 378 g/mol. The summed E-state index contributed by atoms with van der Waals surface area (Å²) in [4.78, 5) is 14.8. The van der Waals surface area contributed by atoms with Gasteiger partial charge in [0, 0.05) is 6.04 Å². The first-order valence-electron chi connectivity index (χ1n) is 9.44. The Morgan fingerprint density at radius 1 is 1.21 bits per heavy atom. The van der Waals surface area contributed by atoms with Crippen LogP contribution in [0.25, 0.3) is 0 Å². The number of benzene rings is 1. The molecule has 152 valence electrons. The minimum atomic E-state index is -3.12. The van der Waals surface area contributed by atoms with E-state index in [2.05, 4.69) is 0 Å². The lowest BCUT2D eigenvalue weighted by Gasteiger charge is -2.30. The van der Waals surface area contributed by atoms with Crippen LogP contribution in [0.2, 0.25) is 0 Å². The summed E-state index contributed by atoms with van der Waals surface area (Å²) in [5.41, 5.74) is 2.11. The maximum Gasteiger partial charge on any atom is 0.264 e. The van der Waals surface area contributed by atoms with Gasteiger partial charge in [-0.1, -0.05) is 6.07 Å². The van der Waals surface area contributed by atoms with E-state index in [1.807, 2.05) is 51.1 Å². The summed E-state index contributed by atoms with van der Waals surface area (Å²) in [6, 6.07) is 9.09. The molecule has 3 rings (SSSR count). The Labute approximate surface area is 166 Å². The zero-order valence-corrected chi connectivity index (χ0v) is 17.6. The van der Waals surface area contributed by atoms with Crippen LogP contribution in [0.4, 0.5) is 0 Å². The molecule has 0 bridgehead atoms. The number of hydrogen-bond donors (Lipinski definition) is 0. The number of furan rings is 1. The summed E-state index contributed by atoms with van der Waals surface area (Å²) in [6.07, 6.45) is -0.301. The second-order valence-corrected chi connectivity index (χ2v) is 9.85. The van der Waals surface area contributed by atoms with Gasteiger partial charge in [0.15, 0.2) is 15.9 Å². The smallest absolute Gasteiger partial charge is 0.264 e. The van der Waals surface area contributed by atoms with E-state index in [0.717, 1.165) is 16.9 Å². The minimum absolute atomic E-state index is 0.0191. The van der Waals surface area contributed by atoms with Gasteiger partial charge in [-0.3, -0.25) is 4.79 Å². The molecule has 1 aromatic heterocycles. The van der Waals surface area contributed by atoms with Gasteiger partial charge in [0.25, 0.3) is 5.91 Å². The predicted octanol–water partition coefficient (Wildman–Crippen LogP) is 3.19. The Morgan fingerprint density at radius 3 is 2.43 bits per heavy atom. The number of sulfone groups is 1. The highest BCUT2D eigenvalue weighted by molar-refractivity contribution is 7.91. The zero-order valence-electron chi connectivity index (χ0n) is 16.8. The van der Waals surface area contributed by atoms with E-state index < -0.39 is 15.9 Å². The fraction of sp³-hybridized carbons (Fsp3) is 0.476. The molecule has 0 saturated carbocycles. The molecule has 2 atom stereocenters. The molecule has 1 amide bonds. The topological polar surface area (TPSA) is 76.8 Å². The van der Waals surface area contributed by atoms with Gasteiger partial charge in [0.05, 0.1) is 18.1 Å². The Morgan fingerprint density at radius 2 is 1.89 bits per heavy atom. The second-order valence-electron chi connectivity index (χ2n) is 7.62. The lowest BCUT2D eigenvalue weighted by molar-refractivity contribution is -0.141. The van der Waals surface area contributed by atoms with Crippen LogP contribution in [0.3, 0.4) is 0 Å². The van der Waals surface area contributed by atoms with Crippen LogP contribution in [-0.2, 0) is 21.2 Å². The monoisotopic (exact) mass is 405 g/mol. The van der Waals surface area contributed by atoms with Crippen molar-refractivity contribution in [3.8, 4) is 5.75 Å². The second kappa shape index (κ2) is 7.99. The summed E-state index contributed by atoms with van der Waals surface area (Å²) >= 11 is 0. The number of hydrogen-bond acceptors (Lipinski definition) is 5. The van der Waals surface area contributed by atoms with Gasteiger partial charge < -0.3 is 14.1 Å². The van der Waals surface area contributed by atoms with Gasteiger partial charge in [-0.25, -0.2) is 8.42 Å². The molecule has 0 radical (unpaired) electrons. The number of nitrogens with zero attached hydrogens (tertiary/aromatic N) is 1. The molecule has 1 fully saturated rings. The van der Waals surface area contributed by atoms with Crippen molar-refractivity contribution in [1.82, 2.24) is 4.90 Å². The first kappa shape index (κ1) is 20.5. The molecule has 0 spiro atoms. The quantitative estimate of drug-likeness (QED) is 0.738. The maximum absolute atomic E-state index is 13.2. The van der Waals surface area contributed by atoms with E-state index in [0.29, 0.717) is 17.9 Å². The summed E-state index contributed by atoms with van der Waals surface area (Å²) in [5, 5.41) is 0. The fourth-order valence-electron chi connectivity index (χ4n) is 3.64. The van der Waals surface area contributed by atoms with E-state index in [-0.39, 0.29) is 30.0 Å². The Hall–Kier alpha value is -2.28. The lowest BCUT2D eigenvalue weighted by atomic mass is 10.1. The average molecular weight is 406 g/mol. The van der Waals surface area contributed by atoms with Crippen LogP contribution in [0.15, 0.2) is 34.7 Å². The van der Waals surface area contributed by atoms with Gasteiger partial charge >= 0.3 is 0 Å². The molecule has 1 aromatic carbocycles. The largest absolute Gasteiger partial charge is 0.481 e. The highest BCUT2D eigenvalue weighted by Gasteiger charge is 2.37. The molecule has 2 heterocycles. The first-order chi connectivity index (χ1) is 13.1. The summed E-state index contributed by atoms with van der Waals surface area (Å²) in [7, 11) is -3.12. The third-order valence-corrected chi connectivity index (χ3v) is 6.66. The van der Waals surface area contributed by atoms with Gasteiger partial charge in [0.2, 0.25) is 0 Å². The van der Waals surface area contributed by atoms with Crippen LogP contribution < -0.4 is 4.74 Å². The number of rotatable bonds is 6. The average Bonchev–Trinajstić information content (AvgIpc) is 3.15. The van der Waals surface area contributed by atoms with Crippen molar-refractivity contribution < 1.29 is 22.4 Å². The first-order valence-corrected chi connectivity index (χ1v) is 11.3. The molecule has 0 unspecified atom stereocenters. The molecule has 6 nitrogen and oxygen atoms in total. The Bertz CT molecular complexity index is 943. The SMILES string of the molecule is Cc1cc(C)cc(O[C@H](C)C(=O)N(Cc2ccc(C)o2)[C@@H]2CCS(=O)(=O)C2)c1. The van der Waals surface area contributed by atoms with E-state index in [1.165, 1.54) is 0 Å². The van der Waals surface area contributed by atoms with Crippen molar-refractivity contribution in [2.45, 2.75) is 52.8 Å². The van der Waals surface area contributed by atoms with E-state index in [9.17, 15) is 13.2 Å².